The van der Waals surface area contributed by atoms with Gasteiger partial charge in [0.1, 0.15) is 24.7 Å². The van der Waals surface area contributed by atoms with Crippen molar-refractivity contribution in [3.63, 3.8) is 0 Å². The first kappa shape index (κ1) is 25.7. The van der Waals surface area contributed by atoms with Crippen molar-refractivity contribution in [2.24, 2.45) is 5.73 Å². The van der Waals surface area contributed by atoms with Crippen LogP contribution >= 0.6 is 23.2 Å². The van der Waals surface area contributed by atoms with Gasteiger partial charge in [0, 0.05) is 24.2 Å². The lowest BCUT2D eigenvalue weighted by atomic mass is 10.1. The highest BCUT2D eigenvalue weighted by Gasteiger charge is 2.18. The van der Waals surface area contributed by atoms with Crippen molar-refractivity contribution >= 4 is 46.4 Å². The molecule has 4 N–H and O–H groups in total. The number of nitrogens with zero attached hydrogens (tertiary/aromatic N) is 1. The lowest BCUT2D eigenvalue weighted by Gasteiger charge is -2.24. The largest absolute Gasteiger partial charge is 0.490 e. The van der Waals surface area contributed by atoms with Crippen LogP contribution in [0.15, 0.2) is 48.5 Å². The van der Waals surface area contributed by atoms with Crippen LogP contribution in [0.2, 0.25) is 0 Å². The predicted molar refractivity (Wildman–Crippen MR) is 122 cm³/mol. The van der Waals surface area contributed by atoms with E-state index in [0.29, 0.717) is 35.7 Å². The maximum absolute atomic E-state index is 13.0. The number of carbonyl (C=O) groups excluding carboxylic acids is 2. The second kappa shape index (κ2) is 13.1. The number of aliphatic hydroxyl groups excluding tert-OH is 2. The lowest BCUT2D eigenvalue weighted by Crippen LogP contribution is -2.25. The number of alkyl halides is 2. The summed E-state index contributed by atoms with van der Waals surface area (Å²) in [7, 11) is 0. The van der Waals surface area contributed by atoms with Gasteiger partial charge < -0.3 is 25.4 Å². The van der Waals surface area contributed by atoms with Gasteiger partial charge in [-0.1, -0.05) is 23.2 Å². The van der Waals surface area contributed by atoms with E-state index in [9.17, 15) is 9.59 Å². The van der Waals surface area contributed by atoms with Gasteiger partial charge in [0.2, 0.25) is 11.8 Å². The number of carbonyl (C=O) groups is 2. The monoisotopic (exact) mass is 484 g/mol. The molecule has 32 heavy (non-hydrogen) atoms. The number of anilines is 2. The molecule has 2 rings (SSSR count). The quantitative estimate of drug-likeness (QED) is 0.296. The molecule has 8 nitrogen and oxygen atoms in total. The molecule has 0 heterocycles. The number of aliphatic hydroxyl groups is 2. The first-order valence-corrected chi connectivity index (χ1v) is 10.8. The minimum atomic E-state index is -1.12. The summed E-state index contributed by atoms with van der Waals surface area (Å²) in [6.45, 7) is -0.135. The number of nitrogens with two attached hydrogens (primary N) is 1. The number of ether oxygens (including phenoxy) is 2. The number of unbranched alkanes of at least 4 members (excludes halogenated alkanes) is 1. The van der Waals surface area contributed by atoms with Gasteiger partial charge in [0.05, 0.1) is 0 Å². The number of hydrogen-bond donors (Lipinski definition) is 3. The zero-order chi connectivity index (χ0) is 23.5. The van der Waals surface area contributed by atoms with E-state index in [4.69, 9.17) is 48.6 Å². The van der Waals surface area contributed by atoms with Crippen molar-refractivity contribution in [1.82, 2.24) is 0 Å². The SMILES string of the molecule is NC(=O)CCCCC(=O)N(c1ccc(OCC(O)Cl)cc1)c1ccc(OCC(O)Cl)cc1. The van der Waals surface area contributed by atoms with E-state index in [0.717, 1.165) is 0 Å². The van der Waals surface area contributed by atoms with E-state index < -0.39 is 17.0 Å². The number of amides is 2. The molecule has 0 fully saturated rings. The van der Waals surface area contributed by atoms with Gasteiger partial charge in [-0.3, -0.25) is 14.5 Å². The van der Waals surface area contributed by atoms with Crippen LogP contribution in [0.25, 0.3) is 0 Å². The molecule has 2 unspecified atom stereocenters. The number of halogens is 2. The fourth-order valence-electron chi connectivity index (χ4n) is 2.84. The van der Waals surface area contributed by atoms with E-state index in [1.807, 2.05) is 0 Å². The molecule has 0 saturated heterocycles. The lowest BCUT2D eigenvalue weighted by molar-refractivity contribution is -0.119. The minimum Gasteiger partial charge on any atom is -0.490 e. The third kappa shape index (κ3) is 8.92. The maximum atomic E-state index is 13.0. The molecule has 0 aliphatic rings. The Labute approximate surface area is 196 Å². The van der Waals surface area contributed by atoms with Crippen LogP contribution in [0.4, 0.5) is 11.4 Å². The van der Waals surface area contributed by atoms with Crippen LogP contribution < -0.4 is 20.1 Å². The fourth-order valence-corrected chi connectivity index (χ4v) is 2.96. The maximum Gasteiger partial charge on any atom is 0.231 e. The van der Waals surface area contributed by atoms with Crippen LogP contribution in [0.5, 0.6) is 11.5 Å². The average Bonchev–Trinajstić information content (AvgIpc) is 2.75. The van der Waals surface area contributed by atoms with Crippen molar-refractivity contribution in [3.8, 4) is 11.5 Å². The zero-order valence-corrected chi connectivity index (χ0v) is 18.8. The van der Waals surface area contributed by atoms with Gasteiger partial charge in [0.25, 0.3) is 0 Å². The highest BCUT2D eigenvalue weighted by Crippen LogP contribution is 2.30. The molecule has 0 aromatic heterocycles. The third-order valence-electron chi connectivity index (χ3n) is 4.28. The second-order valence-electron chi connectivity index (χ2n) is 6.88. The predicted octanol–water partition coefficient (Wildman–Crippen LogP) is 3.27. The summed E-state index contributed by atoms with van der Waals surface area (Å²) in [4.78, 5) is 25.5. The van der Waals surface area contributed by atoms with Gasteiger partial charge >= 0.3 is 0 Å². The summed E-state index contributed by atoms with van der Waals surface area (Å²) in [5.41, 5.74) is 4.14. The molecule has 0 bridgehead atoms. The number of benzene rings is 2. The highest BCUT2D eigenvalue weighted by molar-refractivity contribution is 6.19. The standard InChI is InChI=1S/C22H26Cl2N2O6/c23-19(27)13-31-17-9-5-15(6-10-17)26(22(30)4-2-1-3-21(25)29)16-7-11-18(12-8-16)32-14-20(24)28/h5-12,19-20,27-28H,1-4,13-14H2,(H2,25,29). The first-order chi connectivity index (χ1) is 15.3. The van der Waals surface area contributed by atoms with Gasteiger partial charge in [0.15, 0.2) is 11.1 Å². The van der Waals surface area contributed by atoms with Crippen molar-refractivity contribution in [3.05, 3.63) is 48.5 Å². The molecule has 2 atom stereocenters. The topological polar surface area (TPSA) is 122 Å². The Morgan fingerprint density at radius 1 is 0.812 bits per heavy atom. The summed E-state index contributed by atoms with van der Waals surface area (Å²) in [5.74, 6) is 0.421. The van der Waals surface area contributed by atoms with Gasteiger partial charge in [-0.2, -0.15) is 0 Å². The summed E-state index contributed by atoms with van der Waals surface area (Å²) < 4.78 is 10.7. The molecular weight excluding hydrogens is 459 g/mol. The van der Waals surface area contributed by atoms with Crippen LogP contribution in [-0.2, 0) is 9.59 Å². The molecule has 2 aromatic carbocycles. The summed E-state index contributed by atoms with van der Waals surface area (Å²) in [6.07, 6.45) is 1.49. The minimum absolute atomic E-state index is 0.0676. The Morgan fingerprint density at radius 2 is 1.22 bits per heavy atom. The smallest absolute Gasteiger partial charge is 0.231 e. The normalized spacial score (nSPS) is 12.6. The van der Waals surface area contributed by atoms with Crippen molar-refractivity contribution in [1.29, 1.82) is 0 Å². The van der Waals surface area contributed by atoms with E-state index in [-0.39, 0.29) is 32.0 Å². The molecule has 174 valence electrons. The number of primary amides is 1. The molecule has 0 spiro atoms. The molecule has 10 heteroatoms. The zero-order valence-electron chi connectivity index (χ0n) is 17.3. The highest BCUT2D eigenvalue weighted by atomic mass is 35.5. The molecule has 2 aromatic rings. The molecule has 0 saturated carbocycles. The van der Waals surface area contributed by atoms with Crippen LogP contribution in [0, 0.1) is 0 Å². The van der Waals surface area contributed by atoms with E-state index >= 15 is 0 Å². The van der Waals surface area contributed by atoms with Gasteiger partial charge in [-0.15, -0.1) is 0 Å². The van der Waals surface area contributed by atoms with Gasteiger partial charge in [-0.05, 0) is 61.4 Å². The summed E-state index contributed by atoms with van der Waals surface area (Å²) >= 11 is 11.0. The van der Waals surface area contributed by atoms with Crippen molar-refractivity contribution in [2.45, 2.75) is 36.8 Å². The van der Waals surface area contributed by atoms with Crippen LogP contribution in [0.3, 0.4) is 0 Å². The van der Waals surface area contributed by atoms with Gasteiger partial charge in [-0.25, -0.2) is 0 Å². The van der Waals surface area contributed by atoms with Crippen molar-refractivity contribution < 1.29 is 29.3 Å². The molecule has 2 amide bonds. The molecular formula is C22H26Cl2N2O6. The van der Waals surface area contributed by atoms with Crippen LogP contribution in [0.1, 0.15) is 25.7 Å². The number of hydrogen-bond acceptors (Lipinski definition) is 6. The van der Waals surface area contributed by atoms with Crippen LogP contribution in [-0.4, -0.2) is 46.4 Å². The Morgan fingerprint density at radius 3 is 1.59 bits per heavy atom. The molecule has 0 radical (unpaired) electrons. The third-order valence-corrected chi connectivity index (χ3v) is 4.53. The fraction of sp³-hybridized carbons (Fsp3) is 0.364. The van der Waals surface area contributed by atoms with Crippen molar-refractivity contribution in [2.75, 3.05) is 18.1 Å². The Kier molecular flexibility index (Phi) is 10.6. The van der Waals surface area contributed by atoms with E-state index in [1.165, 1.54) is 0 Å². The Balaban J connectivity index is 2.19. The Bertz CT molecular complexity index is 804. The first-order valence-electron chi connectivity index (χ1n) is 9.97. The Hall–Kier alpha value is -2.52. The summed E-state index contributed by atoms with van der Waals surface area (Å²) in [6, 6.07) is 13.5. The van der Waals surface area contributed by atoms with E-state index in [2.05, 4.69) is 0 Å². The summed E-state index contributed by atoms with van der Waals surface area (Å²) in [5, 5.41) is 18.3. The number of rotatable bonds is 13. The molecule has 0 aliphatic carbocycles. The second-order valence-corrected chi connectivity index (χ2v) is 7.89. The van der Waals surface area contributed by atoms with E-state index in [1.54, 1.807) is 53.4 Å². The molecule has 0 aliphatic heterocycles. The average molecular weight is 485 g/mol.